The van der Waals surface area contributed by atoms with Gasteiger partial charge in [-0.05, 0) is 43.7 Å². The van der Waals surface area contributed by atoms with Gasteiger partial charge in [0.05, 0.1) is 0 Å². The van der Waals surface area contributed by atoms with Gasteiger partial charge in [0.15, 0.2) is 0 Å². The fourth-order valence-corrected chi connectivity index (χ4v) is 2.52. The molecule has 0 aliphatic heterocycles. The lowest BCUT2D eigenvalue weighted by Gasteiger charge is -2.08. The number of carbonyl (C=O) groups excluding carboxylic acids is 1. The minimum absolute atomic E-state index is 0.133. The third-order valence-corrected chi connectivity index (χ3v) is 3.52. The number of amides is 1. The van der Waals surface area contributed by atoms with Crippen molar-refractivity contribution in [1.29, 1.82) is 0 Å². The van der Waals surface area contributed by atoms with Crippen LogP contribution in [0.3, 0.4) is 0 Å². The lowest BCUT2D eigenvalue weighted by Crippen LogP contribution is -2.17. The Kier molecular flexibility index (Phi) is 3.44. The molecule has 0 spiro atoms. The summed E-state index contributed by atoms with van der Waals surface area (Å²) in [6, 6.07) is 13.7. The molecule has 0 aliphatic rings. The molecular weight excluding hydrogens is 262 g/mol. The number of nitrogens with one attached hydrogen (secondary N) is 1. The van der Waals surface area contributed by atoms with Crippen molar-refractivity contribution in [1.82, 2.24) is 9.55 Å². The number of hydrogen-bond acceptors (Lipinski definition) is 2. The van der Waals surface area contributed by atoms with Crippen LogP contribution < -0.4 is 5.32 Å². The van der Waals surface area contributed by atoms with Crippen LogP contribution >= 0.6 is 0 Å². The standard InChI is InChI=1S/C17H17N3O/c1-3-20-14-7-5-4-6-13(14)11-15(20)17(21)19-16-10-12(2)8-9-18-16/h4-11H,3H2,1-2H3,(H,18,19,21). The van der Waals surface area contributed by atoms with E-state index in [-0.39, 0.29) is 5.91 Å². The highest BCUT2D eigenvalue weighted by Gasteiger charge is 2.14. The van der Waals surface area contributed by atoms with Crippen molar-refractivity contribution < 1.29 is 4.79 Å². The molecule has 21 heavy (non-hydrogen) atoms. The van der Waals surface area contributed by atoms with Crippen molar-refractivity contribution in [3.63, 3.8) is 0 Å². The molecule has 0 atom stereocenters. The quantitative estimate of drug-likeness (QED) is 0.796. The normalized spacial score (nSPS) is 10.8. The molecule has 0 bridgehead atoms. The fraction of sp³-hybridized carbons (Fsp3) is 0.176. The van der Waals surface area contributed by atoms with Gasteiger partial charge in [0.2, 0.25) is 0 Å². The highest BCUT2D eigenvalue weighted by Crippen LogP contribution is 2.20. The Labute approximate surface area is 123 Å². The van der Waals surface area contributed by atoms with Gasteiger partial charge in [-0.1, -0.05) is 18.2 Å². The van der Waals surface area contributed by atoms with Crippen molar-refractivity contribution in [3.05, 3.63) is 59.9 Å². The predicted octanol–water partition coefficient (Wildman–Crippen LogP) is 3.62. The van der Waals surface area contributed by atoms with E-state index in [1.807, 2.05) is 60.9 Å². The van der Waals surface area contributed by atoms with Crippen molar-refractivity contribution in [2.75, 3.05) is 5.32 Å². The monoisotopic (exact) mass is 279 g/mol. The molecule has 2 heterocycles. The average molecular weight is 279 g/mol. The number of para-hydroxylation sites is 1. The molecule has 1 amide bonds. The largest absolute Gasteiger partial charge is 0.337 e. The van der Waals surface area contributed by atoms with Gasteiger partial charge in [-0.3, -0.25) is 4.79 Å². The lowest BCUT2D eigenvalue weighted by atomic mass is 10.2. The number of fused-ring (bicyclic) bond motifs is 1. The van der Waals surface area contributed by atoms with Gasteiger partial charge in [0.25, 0.3) is 5.91 Å². The minimum Gasteiger partial charge on any atom is -0.337 e. The Hall–Kier alpha value is -2.62. The second-order valence-corrected chi connectivity index (χ2v) is 5.01. The summed E-state index contributed by atoms with van der Waals surface area (Å²) in [5.74, 6) is 0.444. The van der Waals surface area contributed by atoms with Crippen LogP contribution in [0.15, 0.2) is 48.7 Å². The molecule has 3 aromatic rings. The first-order valence-corrected chi connectivity index (χ1v) is 7.01. The van der Waals surface area contributed by atoms with E-state index < -0.39 is 0 Å². The third-order valence-electron chi connectivity index (χ3n) is 3.52. The number of aromatic nitrogens is 2. The molecule has 0 saturated heterocycles. The number of nitrogens with zero attached hydrogens (tertiary/aromatic N) is 2. The van der Waals surface area contributed by atoms with E-state index in [2.05, 4.69) is 10.3 Å². The molecule has 4 nitrogen and oxygen atoms in total. The van der Waals surface area contributed by atoms with Gasteiger partial charge in [-0.2, -0.15) is 0 Å². The Bertz CT molecular complexity index is 805. The maximum Gasteiger partial charge on any atom is 0.273 e. The molecule has 1 aromatic carbocycles. The zero-order valence-corrected chi connectivity index (χ0v) is 12.1. The van der Waals surface area contributed by atoms with E-state index >= 15 is 0 Å². The van der Waals surface area contributed by atoms with Crippen LogP contribution in [-0.4, -0.2) is 15.5 Å². The molecule has 4 heteroatoms. The van der Waals surface area contributed by atoms with Crippen LogP contribution in [0.1, 0.15) is 23.0 Å². The zero-order chi connectivity index (χ0) is 14.8. The lowest BCUT2D eigenvalue weighted by molar-refractivity contribution is 0.101. The van der Waals surface area contributed by atoms with E-state index in [0.29, 0.717) is 11.5 Å². The van der Waals surface area contributed by atoms with Gasteiger partial charge in [0.1, 0.15) is 11.5 Å². The highest BCUT2D eigenvalue weighted by molar-refractivity contribution is 6.06. The van der Waals surface area contributed by atoms with Gasteiger partial charge in [-0.25, -0.2) is 4.98 Å². The summed E-state index contributed by atoms with van der Waals surface area (Å²) in [6.45, 7) is 4.76. The van der Waals surface area contributed by atoms with E-state index in [0.717, 1.165) is 23.0 Å². The first kappa shape index (κ1) is 13.4. The van der Waals surface area contributed by atoms with E-state index in [1.54, 1.807) is 6.20 Å². The second kappa shape index (κ2) is 5.40. The summed E-state index contributed by atoms with van der Waals surface area (Å²) in [6.07, 6.45) is 1.69. The molecule has 0 aliphatic carbocycles. The Balaban J connectivity index is 1.98. The van der Waals surface area contributed by atoms with Crippen LogP contribution in [-0.2, 0) is 6.54 Å². The van der Waals surface area contributed by atoms with Gasteiger partial charge in [-0.15, -0.1) is 0 Å². The predicted molar refractivity (Wildman–Crippen MR) is 84.5 cm³/mol. The first-order valence-electron chi connectivity index (χ1n) is 7.01. The number of pyridine rings is 1. The fourth-order valence-electron chi connectivity index (χ4n) is 2.52. The Morgan fingerprint density at radius 3 is 2.81 bits per heavy atom. The smallest absolute Gasteiger partial charge is 0.273 e. The van der Waals surface area contributed by atoms with Crippen LogP contribution in [0, 0.1) is 6.92 Å². The molecule has 106 valence electrons. The van der Waals surface area contributed by atoms with Crippen molar-refractivity contribution >= 4 is 22.6 Å². The summed E-state index contributed by atoms with van der Waals surface area (Å²) >= 11 is 0. The van der Waals surface area contributed by atoms with Crippen LogP contribution in [0.2, 0.25) is 0 Å². The molecule has 0 saturated carbocycles. The number of rotatable bonds is 3. The summed E-state index contributed by atoms with van der Waals surface area (Å²) in [7, 11) is 0. The molecular formula is C17H17N3O. The van der Waals surface area contributed by atoms with Crippen LogP contribution in [0.5, 0.6) is 0 Å². The maximum absolute atomic E-state index is 12.5. The molecule has 0 unspecified atom stereocenters. The third kappa shape index (κ3) is 2.52. The first-order chi connectivity index (χ1) is 10.2. The number of benzene rings is 1. The molecule has 2 aromatic heterocycles. The van der Waals surface area contributed by atoms with Crippen molar-refractivity contribution in [3.8, 4) is 0 Å². The van der Waals surface area contributed by atoms with Crippen molar-refractivity contribution in [2.24, 2.45) is 0 Å². The summed E-state index contributed by atoms with van der Waals surface area (Å²) in [5.41, 5.74) is 2.79. The molecule has 0 fully saturated rings. The minimum atomic E-state index is -0.133. The molecule has 1 N–H and O–H groups in total. The number of hydrogen-bond donors (Lipinski definition) is 1. The van der Waals surface area contributed by atoms with Crippen molar-refractivity contribution in [2.45, 2.75) is 20.4 Å². The summed E-state index contributed by atoms with van der Waals surface area (Å²) in [5, 5.41) is 3.93. The number of anilines is 1. The van der Waals surface area contributed by atoms with Crippen LogP contribution in [0.4, 0.5) is 5.82 Å². The molecule has 3 rings (SSSR count). The van der Waals surface area contributed by atoms with Gasteiger partial charge in [0, 0.05) is 23.6 Å². The van der Waals surface area contributed by atoms with Crippen LogP contribution in [0.25, 0.3) is 10.9 Å². The topological polar surface area (TPSA) is 46.9 Å². The van der Waals surface area contributed by atoms with Gasteiger partial charge >= 0.3 is 0 Å². The maximum atomic E-state index is 12.5. The van der Waals surface area contributed by atoms with Gasteiger partial charge < -0.3 is 9.88 Å². The van der Waals surface area contributed by atoms with E-state index in [9.17, 15) is 4.79 Å². The second-order valence-electron chi connectivity index (χ2n) is 5.01. The number of carbonyl (C=O) groups is 1. The SMILES string of the molecule is CCn1c(C(=O)Nc2cc(C)ccn2)cc2ccccc21. The number of aryl methyl sites for hydroxylation is 2. The Morgan fingerprint density at radius 1 is 1.24 bits per heavy atom. The van der Waals surface area contributed by atoms with E-state index in [1.165, 1.54) is 0 Å². The average Bonchev–Trinajstić information content (AvgIpc) is 2.86. The zero-order valence-electron chi connectivity index (χ0n) is 12.1. The summed E-state index contributed by atoms with van der Waals surface area (Å²) < 4.78 is 2.01. The summed E-state index contributed by atoms with van der Waals surface area (Å²) in [4.78, 5) is 16.7. The highest BCUT2D eigenvalue weighted by atomic mass is 16.2. The Morgan fingerprint density at radius 2 is 2.05 bits per heavy atom. The molecule has 0 radical (unpaired) electrons. The van der Waals surface area contributed by atoms with E-state index in [4.69, 9.17) is 0 Å².